The summed E-state index contributed by atoms with van der Waals surface area (Å²) in [4.78, 5) is 2.54. The van der Waals surface area contributed by atoms with Gasteiger partial charge < -0.3 is 4.74 Å². The van der Waals surface area contributed by atoms with Gasteiger partial charge in [0.1, 0.15) is 0 Å². The molecule has 13 heavy (non-hydrogen) atoms. The van der Waals surface area contributed by atoms with E-state index in [0.29, 0.717) is 12.1 Å². The molecule has 2 fully saturated rings. The van der Waals surface area contributed by atoms with Gasteiger partial charge >= 0.3 is 0 Å². The van der Waals surface area contributed by atoms with Crippen molar-refractivity contribution >= 4 is 0 Å². The van der Waals surface area contributed by atoms with Gasteiger partial charge in [-0.2, -0.15) is 0 Å². The first kappa shape index (κ1) is 9.47. The summed E-state index contributed by atoms with van der Waals surface area (Å²) in [6.45, 7) is 5.18. The molecule has 1 aliphatic carbocycles. The van der Waals surface area contributed by atoms with E-state index < -0.39 is 0 Å². The lowest BCUT2D eigenvalue weighted by Crippen LogP contribution is -2.41. The summed E-state index contributed by atoms with van der Waals surface area (Å²) in [6.07, 6.45) is 4.65. The van der Waals surface area contributed by atoms with Crippen molar-refractivity contribution in [2.75, 3.05) is 13.7 Å². The Balaban J connectivity index is 1.86. The Labute approximate surface area is 81.3 Å². The van der Waals surface area contributed by atoms with Gasteiger partial charge in [0.2, 0.25) is 0 Å². The second kappa shape index (κ2) is 3.58. The summed E-state index contributed by atoms with van der Waals surface area (Å²) in [6, 6.07) is 1.58. The molecule has 0 aromatic carbocycles. The summed E-state index contributed by atoms with van der Waals surface area (Å²) in [5, 5.41) is 0. The molecular weight excluding hydrogens is 162 g/mol. The van der Waals surface area contributed by atoms with Crippen molar-refractivity contribution in [2.24, 2.45) is 5.92 Å². The van der Waals surface area contributed by atoms with E-state index in [1.54, 1.807) is 0 Å². The van der Waals surface area contributed by atoms with Crippen molar-refractivity contribution in [1.82, 2.24) is 4.90 Å². The average Bonchev–Trinajstić information content (AvgIpc) is 2.61. The summed E-state index contributed by atoms with van der Waals surface area (Å²) in [5.74, 6) is 0.925. The van der Waals surface area contributed by atoms with Crippen LogP contribution in [0.2, 0.25) is 0 Å². The van der Waals surface area contributed by atoms with Crippen molar-refractivity contribution in [3.05, 3.63) is 0 Å². The van der Waals surface area contributed by atoms with Gasteiger partial charge in [-0.1, -0.05) is 0 Å². The first-order valence-electron chi connectivity index (χ1n) is 5.52. The van der Waals surface area contributed by atoms with Crippen molar-refractivity contribution in [2.45, 2.75) is 51.3 Å². The van der Waals surface area contributed by atoms with Crippen LogP contribution in [-0.4, -0.2) is 36.7 Å². The van der Waals surface area contributed by atoms with Crippen LogP contribution in [0.4, 0.5) is 0 Å². The number of hydrogen-bond donors (Lipinski definition) is 0. The molecule has 2 nitrogen and oxygen atoms in total. The van der Waals surface area contributed by atoms with Crippen molar-refractivity contribution in [3.8, 4) is 0 Å². The monoisotopic (exact) mass is 183 g/mol. The number of rotatable bonds is 3. The lowest BCUT2D eigenvalue weighted by atomic mass is 10.00. The molecule has 0 aromatic heterocycles. The molecule has 1 saturated heterocycles. The highest BCUT2D eigenvalue weighted by molar-refractivity contribution is 4.97. The number of nitrogens with zero attached hydrogens (tertiary/aromatic N) is 1. The molecule has 1 heterocycles. The highest BCUT2D eigenvalue weighted by Crippen LogP contribution is 2.41. The van der Waals surface area contributed by atoms with Crippen molar-refractivity contribution in [1.29, 1.82) is 0 Å². The third-order valence-corrected chi connectivity index (χ3v) is 3.69. The number of piperidine rings is 1. The molecular formula is C11H21NO. The Morgan fingerprint density at radius 1 is 1.38 bits per heavy atom. The van der Waals surface area contributed by atoms with Gasteiger partial charge in [0.25, 0.3) is 0 Å². The number of likely N-dealkylation sites (N-methyl/N-ethyl adjacent to an activating group) is 1. The first-order chi connectivity index (χ1) is 6.18. The van der Waals surface area contributed by atoms with E-state index in [1.165, 1.54) is 19.3 Å². The number of ether oxygens (including phenoxy) is 1. The molecule has 3 atom stereocenters. The summed E-state index contributed by atoms with van der Waals surface area (Å²) in [7, 11) is 2.26. The predicted octanol–water partition coefficient (Wildman–Crippen LogP) is 1.89. The van der Waals surface area contributed by atoms with E-state index >= 15 is 0 Å². The van der Waals surface area contributed by atoms with Gasteiger partial charge in [-0.05, 0) is 46.1 Å². The Hall–Kier alpha value is -0.0800. The van der Waals surface area contributed by atoms with E-state index in [9.17, 15) is 0 Å². The molecule has 0 radical (unpaired) electrons. The van der Waals surface area contributed by atoms with Gasteiger partial charge in [0, 0.05) is 12.1 Å². The standard InChI is InChI=1S/C11H21NO/c1-8(2)13-7-11-9-4-5-10(6-9)12(11)3/h8-11H,4-7H2,1-3H3. The van der Waals surface area contributed by atoms with Crippen LogP contribution in [0.1, 0.15) is 33.1 Å². The second-order valence-electron chi connectivity index (χ2n) is 4.84. The minimum Gasteiger partial charge on any atom is -0.377 e. The van der Waals surface area contributed by atoms with Gasteiger partial charge in [-0.3, -0.25) is 4.90 Å². The maximum absolute atomic E-state index is 5.71. The Kier molecular flexibility index (Phi) is 2.61. The van der Waals surface area contributed by atoms with Crippen molar-refractivity contribution in [3.63, 3.8) is 0 Å². The van der Waals surface area contributed by atoms with Crippen LogP contribution < -0.4 is 0 Å². The fraction of sp³-hybridized carbons (Fsp3) is 1.00. The van der Waals surface area contributed by atoms with Crippen LogP contribution in [-0.2, 0) is 4.74 Å². The lowest BCUT2D eigenvalue weighted by molar-refractivity contribution is 0.0172. The second-order valence-corrected chi connectivity index (χ2v) is 4.84. The Bertz CT molecular complexity index is 179. The molecule has 0 amide bonds. The molecule has 2 bridgehead atoms. The predicted molar refractivity (Wildman–Crippen MR) is 53.8 cm³/mol. The number of fused-ring (bicyclic) bond motifs is 2. The van der Waals surface area contributed by atoms with Gasteiger partial charge in [-0.25, -0.2) is 0 Å². The van der Waals surface area contributed by atoms with Gasteiger partial charge in [0.05, 0.1) is 12.7 Å². The SMILES string of the molecule is CC(C)OCC1C2CCC(C2)N1C. The molecule has 3 unspecified atom stereocenters. The average molecular weight is 183 g/mol. The zero-order chi connectivity index (χ0) is 9.42. The smallest absolute Gasteiger partial charge is 0.0628 e. The molecule has 2 heteroatoms. The van der Waals surface area contributed by atoms with E-state index in [4.69, 9.17) is 4.74 Å². The largest absolute Gasteiger partial charge is 0.377 e. The third kappa shape index (κ3) is 1.75. The molecule has 2 rings (SSSR count). The molecule has 1 aliphatic heterocycles. The summed E-state index contributed by atoms with van der Waals surface area (Å²) >= 11 is 0. The summed E-state index contributed by atoms with van der Waals surface area (Å²) < 4.78 is 5.71. The van der Waals surface area contributed by atoms with E-state index in [-0.39, 0.29) is 0 Å². The Morgan fingerprint density at radius 2 is 2.15 bits per heavy atom. The van der Waals surface area contributed by atoms with Crippen LogP contribution in [0, 0.1) is 5.92 Å². The van der Waals surface area contributed by atoms with Gasteiger partial charge in [-0.15, -0.1) is 0 Å². The molecule has 2 aliphatic rings. The first-order valence-corrected chi connectivity index (χ1v) is 5.52. The number of likely N-dealkylation sites (tertiary alicyclic amines) is 1. The highest BCUT2D eigenvalue weighted by Gasteiger charge is 2.43. The fourth-order valence-corrected chi connectivity index (χ4v) is 2.86. The lowest BCUT2D eigenvalue weighted by Gasteiger charge is -2.32. The van der Waals surface area contributed by atoms with E-state index in [2.05, 4.69) is 25.8 Å². The minimum atomic E-state index is 0.382. The third-order valence-electron chi connectivity index (χ3n) is 3.69. The van der Waals surface area contributed by atoms with Gasteiger partial charge in [0.15, 0.2) is 0 Å². The van der Waals surface area contributed by atoms with Crippen LogP contribution in [0.15, 0.2) is 0 Å². The van der Waals surface area contributed by atoms with Crippen molar-refractivity contribution < 1.29 is 4.74 Å². The highest BCUT2D eigenvalue weighted by atomic mass is 16.5. The molecule has 76 valence electrons. The maximum Gasteiger partial charge on any atom is 0.0628 e. The molecule has 0 N–H and O–H groups in total. The Morgan fingerprint density at radius 3 is 2.69 bits per heavy atom. The van der Waals surface area contributed by atoms with E-state index in [0.717, 1.165) is 18.6 Å². The van der Waals surface area contributed by atoms with Crippen LogP contribution in [0.25, 0.3) is 0 Å². The van der Waals surface area contributed by atoms with E-state index in [1.807, 2.05) is 0 Å². The maximum atomic E-state index is 5.71. The summed E-state index contributed by atoms with van der Waals surface area (Å²) in [5.41, 5.74) is 0. The molecule has 0 spiro atoms. The fourth-order valence-electron chi connectivity index (χ4n) is 2.86. The van der Waals surface area contributed by atoms with Crippen LogP contribution >= 0.6 is 0 Å². The molecule has 1 saturated carbocycles. The number of hydrogen-bond acceptors (Lipinski definition) is 2. The quantitative estimate of drug-likeness (QED) is 0.662. The van der Waals surface area contributed by atoms with Crippen LogP contribution in [0.3, 0.4) is 0 Å². The zero-order valence-corrected chi connectivity index (χ0v) is 8.99. The topological polar surface area (TPSA) is 12.5 Å². The van der Waals surface area contributed by atoms with Crippen LogP contribution in [0.5, 0.6) is 0 Å². The normalized spacial score (nSPS) is 39.2. The minimum absolute atomic E-state index is 0.382. The molecule has 0 aromatic rings. The zero-order valence-electron chi connectivity index (χ0n) is 8.99.